The second-order valence-electron chi connectivity index (χ2n) is 6.12. The van der Waals surface area contributed by atoms with Crippen LogP contribution in [0.4, 0.5) is 0 Å². The summed E-state index contributed by atoms with van der Waals surface area (Å²) in [5, 5.41) is 11.6. The van der Waals surface area contributed by atoms with Crippen molar-refractivity contribution < 1.29 is 9.90 Å². The van der Waals surface area contributed by atoms with Gasteiger partial charge in [-0.3, -0.25) is 4.79 Å². The minimum absolute atomic E-state index is 0.492. The standard InChI is InChI=1S/C19H20N2O2/c1-21(2)10-9-16(19(22)23)13-7-8-18-15(11-13)12-14-5-3-4-6-17(14)20-18/h3-8,11-12,16H,9-10H2,1-2H3,(H,22,23). The van der Waals surface area contributed by atoms with Gasteiger partial charge in [-0.05, 0) is 56.9 Å². The maximum Gasteiger partial charge on any atom is 0.311 e. The van der Waals surface area contributed by atoms with Crippen LogP contribution in [-0.2, 0) is 4.79 Å². The highest BCUT2D eigenvalue weighted by atomic mass is 16.4. The summed E-state index contributed by atoms with van der Waals surface area (Å²) in [7, 11) is 3.91. The fraction of sp³-hybridized carbons (Fsp3) is 0.263. The molecule has 0 saturated carbocycles. The maximum absolute atomic E-state index is 11.6. The molecule has 4 heteroatoms. The third-order valence-corrected chi connectivity index (χ3v) is 4.11. The molecule has 0 spiro atoms. The lowest BCUT2D eigenvalue weighted by Crippen LogP contribution is -2.20. The molecule has 3 aromatic rings. The smallest absolute Gasteiger partial charge is 0.311 e. The molecule has 1 N–H and O–H groups in total. The van der Waals surface area contributed by atoms with Gasteiger partial charge in [-0.25, -0.2) is 4.98 Å². The van der Waals surface area contributed by atoms with E-state index in [1.807, 2.05) is 61.5 Å². The minimum Gasteiger partial charge on any atom is -0.481 e. The molecule has 4 nitrogen and oxygen atoms in total. The van der Waals surface area contributed by atoms with Crippen LogP contribution in [0.5, 0.6) is 0 Å². The average molecular weight is 308 g/mol. The molecule has 0 bridgehead atoms. The predicted octanol–water partition coefficient (Wildman–Crippen LogP) is 3.51. The first-order valence-corrected chi connectivity index (χ1v) is 7.71. The summed E-state index contributed by atoms with van der Waals surface area (Å²) in [5.74, 6) is -1.27. The molecule has 0 aliphatic heterocycles. The monoisotopic (exact) mass is 308 g/mol. The number of carbonyl (C=O) groups is 1. The van der Waals surface area contributed by atoms with E-state index in [1.54, 1.807) is 0 Å². The highest BCUT2D eigenvalue weighted by Gasteiger charge is 2.20. The lowest BCUT2D eigenvalue weighted by Gasteiger charge is -2.16. The van der Waals surface area contributed by atoms with E-state index in [4.69, 9.17) is 0 Å². The van der Waals surface area contributed by atoms with Crippen molar-refractivity contribution in [2.24, 2.45) is 0 Å². The highest BCUT2D eigenvalue weighted by Crippen LogP contribution is 2.26. The van der Waals surface area contributed by atoms with Crippen LogP contribution in [-0.4, -0.2) is 41.6 Å². The van der Waals surface area contributed by atoms with E-state index in [0.29, 0.717) is 6.42 Å². The fourth-order valence-electron chi connectivity index (χ4n) is 2.84. The van der Waals surface area contributed by atoms with Gasteiger partial charge in [0.15, 0.2) is 0 Å². The molecule has 1 unspecified atom stereocenters. The SMILES string of the molecule is CN(C)CCC(C(=O)O)c1ccc2nc3ccccc3cc2c1. The Morgan fingerprint density at radius 2 is 1.83 bits per heavy atom. The van der Waals surface area contributed by atoms with E-state index in [9.17, 15) is 9.90 Å². The van der Waals surface area contributed by atoms with Crippen LogP contribution in [0.1, 0.15) is 17.9 Å². The summed E-state index contributed by atoms with van der Waals surface area (Å²) in [6.45, 7) is 0.741. The molecule has 0 fully saturated rings. The second-order valence-corrected chi connectivity index (χ2v) is 6.12. The molecule has 0 amide bonds. The molecule has 0 aliphatic rings. The van der Waals surface area contributed by atoms with Crippen molar-refractivity contribution in [3.8, 4) is 0 Å². The van der Waals surface area contributed by atoms with Crippen LogP contribution in [0.2, 0.25) is 0 Å². The van der Waals surface area contributed by atoms with Gasteiger partial charge in [-0.2, -0.15) is 0 Å². The van der Waals surface area contributed by atoms with Crippen molar-refractivity contribution in [1.82, 2.24) is 9.88 Å². The third kappa shape index (κ3) is 3.32. The van der Waals surface area contributed by atoms with E-state index in [2.05, 4.69) is 11.1 Å². The van der Waals surface area contributed by atoms with E-state index >= 15 is 0 Å². The zero-order valence-corrected chi connectivity index (χ0v) is 13.4. The van der Waals surface area contributed by atoms with Crippen LogP contribution in [0.3, 0.4) is 0 Å². The number of hydrogen-bond donors (Lipinski definition) is 1. The number of rotatable bonds is 5. The quantitative estimate of drug-likeness (QED) is 0.733. The van der Waals surface area contributed by atoms with Crippen LogP contribution in [0, 0.1) is 0 Å². The minimum atomic E-state index is -0.778. The first-order valence-electron chi connectivity index (χ1n) is 7.71. The molecule has 23 heavy (non-hydrogen) atoms. The molecule has 1 aromatic heterocycles. The Balaban J connectivity index is 2.03. The molecular formula is C19H20N2O2. The Morgan fingerprint density at radius 1 is 1.09 bits per heavy atom. The van der Waals surface area contributed by atoms with Crippen molar-refractivity contribution in [3.05, 3.63) is 54.1 Å². The van der Waals surface area contributed by atoms with Gasteiger partial charge in [0.1, 0.15) is 0 Å². The fourth-order valence-corrected chi connectivity index (χ4v) is 2.84. The van der Waals surface area contributed by atoms with Crippen molar-refractivity contribution in [2.45, 2.75) is 12.3 Å². The predicted molar refractivity (Wildman–Crippen MR) is 92.8 cm³/mol. The van der Waals surface area contributed by atoms with Gasteiger partial charge in [-0.1, -0.05) is 24.3 Å². The number of benzene rings is 2. The summed E-state index contributed by atoms with van der Waals surface area (Å²) in [4.78, 5) is 18.3. The lowest BCUT2D eigenvalue weighted by atomic mass is 9.94. The summed E-state index contributed by atoms with van der Waals surface area (Å²) in [5.41, 5.74) is 2.68. The van der Waals surface area contributed by atoms with Crippen LogP contribution < -0.4 is 0 Å². The molecule has 0 radical (unpaired) electrons. The molecule has 1 heterocycles. The Morgan fingerprint density at radius 3 is 2.57 bits per heavy atom. The third-order valence-electron chi connectivity index (χ3n) is 4.11. The normalized spacial score (nSPS) is 12.8. The molecule has 2 aromatic carbocycles. The van der Waals surface area contributed by atoms with Gasteiger partial charge < -0.3 is 10.0 Å². The molecule has 1 atom stereocenters. The number of hydrogen-bond acceptors (Lipinski definition) is 3. The first-order chi connectivity index (χ1) is 11.0. The van der Waals surface area contributed by atoms with Gasteiger partial charge in [0.2, 0.25) is 0 Å². The highest BCUT2D eigenvalue weighted by molar-refractivity contribution is 5.93. The molecule has 118 valence electrons. The van der Waals surface area contributed by atoms with Gasteiger partial charge >= 0.3 is 5.97 Å². The van der Waals surface area contributed by atoms with Crippen molar-refractivity contribution in [3.63, 3.8) is 0 Å². The zero-order chi connectivity index (χ0) is 16.4. The van der Waals surface area contributed by atoms with Crippen LogP contribution in [0.15, 0.2) is 48.5 Å². The maximum atomic E-state index is 11.6. The molecular weight excluding hydrogens is 288 g/mol. The number of carboxylic acids is 1. The van der Waals surface area contributed by atoms with Crippen LogP contribution in [0.25, 0.3) is 21.8 Å². The molecule has 3 rings (SSSR count). The van der Waals surface area contributed by atoms with Gasteiger partial charge in [0, 0.05) is 10.8 Å². The van der Waals surface area contributed by atoms with E-state index in [0.717, 1.165) is 33.9 Å². The van der Waals surface area contributed by atoms with Gasteiger partial charge in [-0.15, -0.1) is 0 Å². The van der Waals surface area contributed by atoms with E-state index in [-0.39, 0.29) is 0 Å². The summed E-state index contributed by atoms with van der Waals surface area (Å²) in [6.07, 6.45) is 0.592. The number of pyridine rings is 1. The van der Waals surface area contributed by atoms with Crippen molar-refractivity contribution in [2.75, 3.05) is 20.6 Å². The second kappa shape index (κ2) is 6.34. The number of nitrogens with zero attached hydrogens (tertiary/aromatic N) is 2. The molecule has 0 aliphatic carbocycles. The van der Waals surface area contributed by atoms with Crippen molar-refractivity contribution in [1.29, 1.82) is 0 Å². The van der Waals surface area contributed by atoms with E-state index < -0.39 is 11.9 Å². The summed E-state index contributed by atoms with van der Waals surface area (Å²) < 4.78 is 0. The van der Waals surface area contributed by atoms with Gasteiger partial charge in [0.05, 0.1) is 17.0 Å². The van der Waals surface area contributed by atoms with E-state index in [1.165, 1.54) is 0 Å². The first kappa shape index (κ1) is 15.4. The Bertz CT molecular complexity index is 858. The molecule has 0 saturated heterocycles. The average Bonchev–Trinajstić information content (AvgIpc) is 2.52. The Labute approximate surface area is 135 Å². The Kier molecular flexibility index (Phi) is 4.26. The summed E-state index contributed by atoms with van der Waals surface area (Å²) >= 11 is 0. The number of fused-ring (bicyclic) bond motifs is 2. The Hall–Kier alpha value is -2.46. The largest absolute Gasteiger partial charge is 0.481 e. The number of aliphatic carboxylic acids is 1. The van der Waals surface area contributed by atoms with Crippen LogP contribution >= 0.6 is 0 Å². The van der Waals surface area contributed by atoms with Gasteiger partial charge in [0.25, 0.3) is 0 Å². The zero-order valence-electron chi connectivity index (χ0n) is 13.4. The van der Waals surface area contributed by atoms with Crippen molar-refractivity contribution >= 4 is 27.8 Å². The lowest BCUT2D eigenvalue weighted by molar-refractivity contribution is -0.139. The topological polar surface area (TPSA) is 53.4 Å². The summed E-state index contributed by atoms with van der Waals surface area (Å²) in [6, 6.07) is 15.8. The number of aromatic nitrogens is 1. The number of carboxylic acid groups (broad SMARTS) is 1. The number of para-hydroxylation sites is 1.